The van der Waals surface area contributed by atoms with Gasteiger partial charge < -0.3 is 18.9 Å². The van der Waals surface area contributed by atoms with Crippen LogP contribution in [0.2, 0.25) is 0 Å². The number of methoxy groups -OCH3 is 2. The molecule has 0 radical (unpaired) electrons. The highest BCUT2D eigenvalue weighted by atomic mass is 16.5. The van der Waals surface area contributed by atoms with Crippen molar-refractivity contribution in [3.63, 3.8) is 0 Å². The molecule has 0 heterocycles. The van der Waals surface area contributed by atoms with Crippen LogP contribution in [0.25, 0.3) is 0 Å². The Kier molecular flexibility index (Phi) is 10.4. The molecule has 0 aliphatic carbocycles. The molecule has 0 N–H and O–H groups in total. The van der Waals surface area contributed by atoms with E-state index in [2.05, 4.69) is 52.8 Å². The van der Waals surface area contributed by atoms with E-state index in [0.29, 0.717) is 26.4 Å². The van der Waals surface area contributed by atoms with Crippen LogP contribution < -0.4 is 4.74 Å². The molecular formula is C23H40O4. The lowest BCUT2D eigenvalue weighted by Gasteiger charge is -2.31. The molecule has 1 aromatic carbocycles. The van der Waals surface area contributed by atoms with Gasteiger partial charge in [-0.15, -0.1) is 0 Å². The van der Waals surface area contributed by atoms with E-state index in [1.807, 2.05) is 0 Å². The molecule has 0 aliphatic rings. The smallest absolute Gasteiger partial charge is 0.122 e. The average molecular weight is 381 g/mol. The van der Waals surface area contributed by atoms with Crippen LogP contribution >= 0.6 is 0 Å². The van der Waals surface area contributed by atoms with Gasteiger partial charge in [-0.2, -0.15) is 0 Å². The Morgan fingerprint density at radius 3 is 2.30 bits per heavy atom. The van der Waals surface area contributed by atoms with Crippen molar-refractivity contribution in [2.75, 3.05) is 47.3 Å². The molecule has 0 saturated heterocycles. The van der Waals surface area contributed by atoms with Crippen LogP contribution in [0.4, 0.5) is 0 Å². The Morgan fingerprint density at radius 2 is 1.67 bits per heavy atom. The van der Waals surface area contributed by atoms with Gasteiger partial charge >= 0.3 is 0 Å². The van der Waals surface area contributed by atoms with Crippen molar-refractivity contribution < 1.29 is 18.9 Å². The monoisotopic (exact) mass is 380 g/mol. The Morgan fingerprint density at radius 1 is 0.926 bits per heavy atom. The molecule has 0 aromatic heterocycles. The third-order valence-electron chi connectivity index (χ3n) is 4.97. The first kappa shape index (κ1) is 23.9. The fourth-order valence-corrected chi connectivity index (χ4v) is 2.88. The molecule has 27 heavy (non-hydrogen) atoms. The predicted octanol–water partition coefficient (Wildman–Crippen LogP) is 5.06. The third-order valence-corrected chi connectivity index (χ3v) is 4.97. The second-order valence-electron chi connectivity index (χ2n) is 8.74. The molecule has 0 saturated carbocycles. The summed E-state index contributed by atoms with van der Waals surface area (Å²) >= 11 is 0. The van der Waals surface area contributed by atoms with Crippen molar-refractivity contribution in [1.29, 1.82) is 0 Å². The first-order valence-electron chi connectivity index (χ1n) is 10.0. The quantitative estimate of drug-likeness (QED) is 0.423. The molecule has 0 spiro atoms. The Labute approximate surface area is 166 Å². The van der Waals surface area contributed by atoms with Gasteiger partial charge in [0.05, 0.1) is 26.4 Å². The second-order valence-corrected chi connectivity index (χ2v) is 8.74. The van der Waals surface area contributed by atoms with Crippen LogP contribution in [0.3, 0.4) is 0 Å². The second kappa shape index (κ2) is 11.7. The van der Waals surface area contributed by atoms with Crippen LogP contribution in [-0.4, -0.2) is 47.3 Å². The zero-order valence-electron chi connectivity index (χ0n) is 18.5. The van der Waals surface area contributed by atoms with E-state index < -0.39 is 0 Å². The third kappa shape index (κ3) is 9.09. The van der Waals surface area contributed by atoms with E-state index in [1.54, 1.807) is 14.2 Å². The molecule has 4 nitrogen and oxygen atoms in total. The van der Waals surface area contributed by atoms with Crippen LogP contribution in [-0.2, 0) is 20.6 Å². The van der Waals surface area contributed by atoms with Crippen molar-refractivity contribution in [1.82, 2.24) is 0 Å². The number of aryl methyl sites for hydroxylation is 2. The van der Waals surface area contributed by atoms with E-state index in [-0.39, 0.29) is 10.8 Å². The van der Waals surface area contributed by atoms with Gasteiger partial charge in [0.2, 0.25) is 0 Å². The van der Waals surface area contributed by atoms with E-state index >= 15 is 0 Å². The van der Waals surface area contributed by atoms with Gasteiger partial charge in [0.25, 0.3) is 0 Å². The standard InChI is InChI=1S/C23H40O4/c1-8-23(5,17-26-16-22(3,4)15-25-7)18-27-21-14-20(10-9-13-24-6)12-11-19(21)2/h11-12,14H,8-10,13,15-18H2,1-7H3. The zero-order valence-corrected chi connectivity index (χ0v) is 18.5. The van der Waals surface area contributed by atoms with Gasteiger partial charge in [-0.25, -0.2) is 0 Å². The summed E-state index contributed by atoms with van der Waals surface area (Å²) in [7, 11) is 3.48. The molecular weight excluding hydrogens is 340 g/mol. The van der Waals surface area contributed by atoms with Crippen molar-refractivity contribution in [2.24, 2.45) is 10.8 Å². The molecule has 156 valence electrons. The SMILES string of the molecule is CCC(C)(COCC(C)(C)COC)COc1cc(CCCOC)ccc1C. The average Bonchev–Trinajstić information content (AvgIpc) is 2.62. The van der Waals surface area contributed by atoms with Gasteiger partial charge in [-0.1, -0.05) is 39.8 Å². The highest BCUT2D eigenvalue weighted by molar-refractivity contribution is 5.36. The topological polar surface area (TPSA) is 36.9 Å². The minimum Gasteiger partial charge on any atom is -0.493 e. The number of benzene rings is 1. The highest BCUT2D eigenvalue weighted by Gasteiger charge is 2.26. The van der Waals surface area contributed by atoms with Crippen LogP contribution in [0, 0.1) is 17.8 Å². The number of hydrogen-bond donors (Lipinski definition) is 0. The van der Waals surface area contributed by atoms with E-state index in [9.17, 15) is 0 Å². The molecule has 1 unspecified atom stereocenters. The zero-order chi connectivity index (χ0) is 20.3. The molecule has 4 heteroatoms. The maximum absolute atomic E-state index is 6.23. The van der Waals surface area contributed by atoms with Crippen molar-refractivity contribution in [3.05, 3.63) is 29.3 Å². The van der Waals surface area contributed by atoms with E-state index in [1.165, 1.54) is 11.1 Å². The van der Waals surface area contributed by atoms with Crippen molar-refractivity contribution >= 4 is 0 Å². The minimum absolute atomic E-state index is 0.0123. The lowest BCUT2D eigenvalue weighted by Crippen LogP contribution is -2.33. The summed E-state index contributed by atoms with van der Waals surface area (Å²) in [5.41, 5.74) is 2.48. The van der Waals surface area contributed by atoms with Gasteiger partial charge in [0.15, 0.2) is 0 Å². The van der Waals surface area contributed by atoms with E-state index in [0.717, 1.165) is 31.6 Å². The van der Waals surface area contributed by atoms with Gasteiger partial charge in [0, 0.05) is 31.7 Å². The fourth-order valence-electron chi connectivity index (χ4n) is 2.88. The summed E-state index contributed by atoms with van der Waals surface area (Å²) < 4.78 is 22.7. The molecule has 0 fully saturated rings. The lowest BCUT2D eigenvalue weighted by molar-refractivity contribution is -0.0312. The largest absolute Gasteiger partial charge is 0.493 e. The number of ether oxygens (including phenoxy) is 4. The summed E-state index contributed by atoms with van der Waals surface area (Å²) in [6, 6.07) is 6.49. The van der Waals surface area contributed by atoms with Crippen LogP contribution in [0.1, 0.15) is 51.7 Å². The first-order valence-corrected chi connectivity index (χ1v) is 10.0. The van der Waals surface area contributed by atoms with Crippen molar-refractivity contribution in [3.8, 4) is 5.75 Å². The van der Waals surface area contributed by atoms with Gasteiger partial charge in [0.1, 0.15) is 5.75 Å². The lowest BCUT2D eigenvalue weighted by atomic mass is 9.89. The predicted molar refractivity (Wildman–Crippen MR) is 112 cm³/mol. The molecule has 0 amide bonds. The van der Waals surface area contributed by atoms with Crippen LogP contribution in [0.5, 0.6) is 5.75 Å². The Bertz CT molecular complexity index is 541. The summed E-state index contributed by atoms with van der Waals surface area (Å²) in [5, 5.41) is 0. The molecule has 0 bridgehead atoms. The molecule has 1 aromatic rings. The maximum atomic E-state index is 6.23. The normalized spacial score (nSPS) is 14.2. The highest BCUT2D eigenvalue weighted by Crippen LogP contribution is 2.27. The summed E-state index contributed by atoms with van der Waals surface area (Å²) in [6.07, 6.45) is 3.04. The summed E-state index contributed by atoms with van der Waals surface area (Å²) in [4.78, 5) is 0. The van der Waals surface area contributed by atoms with Crippen LogP contribution in [0.15, 0.2) is 18.2 Å². The molecule has 1 rings (SSSR count). The molecule has 0 aliphatic heterocycles. The maximum Gasteiger partial charge on any atom is 0.122 e. The van der Waals surface area contributed by atoms with Crippen molar-refractivity contribution in [2.45, 2.75) is 53.9 Å². The number of hydrogen-bond acceptors (Lipinski definition) is 4. The summed E-state index contributed by atoms with van der Waals surface area (Å²) in [5.74, 6) is 0.976. The van der Waals surface area contributed by atoms with Gasteiger partial charge in [-0.05, 0) is 43.4 Å². The minimum atomic E-state index is -0.0123. The Hall–Kier alpha value is -1.10. The number of rotatable bonds is 14. The van der Waals surface area contributed by atoms with E-state index in [4.69, 9.17) is 18.9 Å². The molecule has 1 atom stereocenters. The first-order chi connectivity index (χ1) is 12.7. The fraction of sp³-hybridized carbons (Fsp3) is 0.739. The summed E-state index contributed by atoms with van der Waals surface area (Å²) in [6.45, 7) is 14.3. The van der Waals surface area contributed by atoms with Gasteiger partial charge in [-0.3, -0.25) is 0 Å². The Balaban J connectivity index is 2.60.